The molecule has 3 rings (SSSR count). The molecule has 1 aliphatic carbocycles. The summed E-state index contributed by atoms with van der Waals surface area (Å²) in [5, 5.41) is 13.3. The Morgan fingerprint density at radius 2 is 2.00 bits per heavy atom. The van der Waals surface area contributed by atoms with Crippen LogP contribution in [0.25, 0.3) is 0 Å². The Balaban J connectivity index is 1.58. The minimum Gasteiger partial charge on any atom is -0.378 e. The van der Waals surface area contributed by atoms with Crippen LogP contribution in [0.1, 0.15) is 38.2 Å². The molecule has 3 heteroatoms. The van der Waals surface area contributed by atoms with E-state index in [2.05, 4.69) is 30.4 Å². The second-order valence-electron chi connectivity index (χ2n) is 6.23. The molecule has 1 aromatic rings. The average Bonchev–Trinajstić information content (AvgIpc) is 2.43. The van der Waals surface area contributed by atoms with Gasteiger partial charge in [0.05, 0.1) is 17.6 Å². The highest BCUT2D eigenvalue weighted by Crippen LogP contribution is 2.43. The third-order valence-electron chi connectivity index (χ3n) is 4.69. The van der Waals surface area contributed by atoms with E-state index in [1.165, 1.54) is 5.56 Å². The lowest BCUT2D eigenvalue weighted by atomic mass is 9.62. The molecule has 1 heterocycles. The molecule has 2 aliphatic rings. The molecule has 0 bridgehead atoms. The van der Waals surface area contributed by atoms with E-state index in [0.29, 0.717) is 18.2 Å². The van der Waals surface area contributed by atoms with Gasteiger partial charge >= 0.3 is 0 Å². The van der Waals surface area contributed by atoms with Gasteiger partial charge in [-0.15, -0.1) is 0 Å². The highest BCUT2D eigenvalue weighted by Gasteiger charge is 2.46. The Morgan fingerprint density at radius 3 is 2.65 bits per heavy atom. The van der Waals surface area contributed by atoms with Crippen molar-refractivity contribution in [3.05, 3.63) is 35.9 Å². The molecule has 0 radical (unpaired) electrons. The predicted molar refractivity (Wildman–Crippen MR) is 78.3 cm³/mol. The van der Waals surface area contributed by atoms with E-state index >= 15 is 0 Å². The highest BCUT2D eigenvalue weighted by molar-refractivity contribution is 5.36. The lowest BCUT2D eigenvalue weighted by molar-refractivity contribution is 0.00718. The van der Waals surface area contributed by atoms with Crippen molar-refractivity contribution in [3.63, 3.8) is 0 Å². The summed E-state index contributed by atoms with van der Waals surface area (Å²) in [4.78, 5) is 0. The Labute approximate surface area is 120 Å². The largest absolute Gasteiger partial charge is 0.378 e. The van der Waals surface area contributed by atoms with Crippen molar-refractivity contribution < 1.29 is 4.74 Å². The van der Waals surface area contributed by atoms with E-state index in [1.807, 2.05) is 18.2 Å². The molecule has 3 nitrogen and oxygen atoms in total. The van der Waals surface area contributed by atoms with Gasteiger partial charge in [-0.05, 0) is 38.2 Å². The number of nitrogens with one attached hydrogen (secondary N) is 1. The molecule has 1 N–H and O–H groups in total. The number of nitriles is 1. The molecule has 0 aromatic heterocycles. The lowest BCUT2D eigenvalue weighted by Crippen LogP contribution is -2.55. The van der Waals surface area contributed by atoms with Crippen LogP contribution in [0.3, 0.4) is 0 Å². The molecule has 1 saturated carbocycles. The maximum absolute atomic E-state index is 9.56. The van der Waals surface area contributed by atoms with Gasteiger partial charge in [0.1, 0.15) is 0 Å². The van der Waals surface area contributed by atoms with Crippen molar-refractivity contribution in [1.82, 2.24) is 5.32 Å². The summed E-state index contributed by atoms with van der Waals surface area (Å²) in [5.41, 5.74) is 0.899. The van der Waals surface area contributed by atoms with E-state index in [0.717, 1.165) is 32.3 Å². The smallest absolute Gasteiger partial charge is 0.0852 e. The van der Waals surface area contributed by atoms with Gasteiger partial charge < -0.3 is 10.1 Å². The number of nitrogens with zero attached hydrogens (tertiary/aromatic N) is 1. The Morgan fingerprint density at radius 1 is 1.25 bits per heavy atom. The minimum atomic E-state index is -0.268. The third kappa shape index (κ3) is 2.59. The van der Waals surface area contributed by atoms with Gasteiger partial charge in [0, 0.05) is 18.7 Å². The van der Waals surface area contributed by atoms with E-state index in [-0.39, 0.29) is 5.41 Å². The van der Waals surface area contributed by atoms with Gasteiger partial charge in [-0.3, -0.25) is 0 Å². The first kappa shape index (κ1) is 13.6. The first-order valence-electron chi connectivity index (χ1n) is 7.56. The lowest BCUT2D eigenvalue weighted by Gasteiger charge is -2.45. The van der Waals surface area contributed by atoms with Gasteiger partial charge in [-0.25, -0.2) is 0 Å². The van der Waals surface area contributed by atoms with Crippen LogP contribution in [0, 0.1) is 11.3 Å². The molecule has 2 fully saturated rings. The van der Waals surface area contributed by atoms with Gasteiger partial charge in [0.25, 0.3) is 0 Å². The quantitative estimate of drug-likeness (QED) is 0.918. The van der Waals surface area contributed by atoms with Crippen molar-refractivity contribution >= 4 is 0 Å². The fourth-order valence-electron chi connectivity index (χ4n) is 3.53. The van der Waals surface area contributed by atoms with Crippen LogP contribution in [-0.4, -0.2) is 24.8 Å². The number of rotatable bonds is 3. The maximum Gasteiger partial charge on any atom is 0.0852 e. The summed E-state index contributed by atoms with van der Waals surface area (Å²) in [7, 11) is 0. The zero-order valence-corrected chi connectivity index (χ0v) is 12.0. The Bertz CT molecular complexity index is 487. The molecule has 1 aromatic carbocycles. The molecular formula is C17H22N2O. The van der Waals surface area contributed by atoms with Crippen LogP contribution >= 0.6 is 0 Å². The molecule has 0 spiro atoms. The fourth-order valence-corrected chi connectivity index (χ4v) is 3.53. The van der Waals surface area contributed by atoms with Crippen molar-refractivity contribution in [3.8, 4) is 6.07 Å². The third-order valence-corrected chi connectivity index (χ3v) is 4.69. The molecule has 2 atom stereocenters. The van der Waals surface area contributed by atoms with Gasteiger partial charge in [-0.2, -0.15) is 5.26 Å². The summed E-state index contributed by atoms with van der Waals surface area (Å²) < 4.78 is 5.58. The first-order chi connectivity index (χ1) is 9.72. The van der Waals surface area contributed by atoms with Crippen molar-refractivity contribution in [1.29, 1.82) is 5.26 Å². The molecule has 106 valence electrons. The van der Waals surface area contributed by atoms with Crippen LogP contribution in [0.15, 0.2) is 30.3 Å². The normalized spacial score (nSPS) is 36.9. The number of ether oxygens (including phenoxy) is 1. The number of hydrogen-bond donors (Lipinski definition) is 1. The maximum atomic E-state index is 9.56. The predicted octanol–water partition coefficient (Wildman–Crippen LogP) is 2.77. The van der Waals surface area contributed by atoms with Gasteiger partial charge in [0.15, 0.2) is 0 Å². The first-order valence-corrected chi connectivity index (χ1v) is 7.56. The summed E-state index contributed by atoms with van der Waals surface area (Å²) in [6.07, 6.45) is 4.39. The van der Waals surface area contributed by atoms with Gasteiger partial charge in [-0.1, -0.05) is 30.3 Å². The SMILES string of the molecule is CC1CC(NC2CC(C#N)(c3ccccc3)C2)CCO1. The van der Waals surface area contributed by atoms with Crippen molar-refractivity contribution in [2.75, 3.05) is 6.61 Å². The minimum absolute atomic E-state index is 0.268. The van der Waals surface area contributed by atoms with Crippen molar-refractivity contribution in [2.24, 2.45) is 0 Å². The van der Waals surface area contributed by atoms with Crippen LogP contribution in [0.2, 0.25) is 0 Å². The van der Waals surface area contributed by atoms with Crippen LogP contribution in [0.5, 0.6) is 0 Å². The topological polar surface area (TPSA) is 45.0 Å². The van der Waals surface area contributed by atoms with Crippen LogP contribution in [-0.2, 0) is 10.2 Å². The van der Waals surface area contributed by atoms with E-state index in [1.54, 1.807) is 0 Å². The van der Waals surface area contributed by atoms with E-state index < -0.39 is 0 Å². The van der Waals surface area contributed by atoms with Crippen LogP contribution in [0.4, 0.5) is 0 Å². The fraction of sp³-hybridized carbons (Fsp3) is 0.588. The molecule has 2 unspecified atom stereocenters. The summed E-state index contributed by atoms with van der Waals surface area (Å²) in [6, 6.07) is 13.8. The second-order valence-corrected chi connectivity index (χ2v) is 6.23. The number of benzene rings is 1. The Hall–Kier alpha value is -1.37. The van der Waals surface area contributed by atoms with Crippen molar-refractivity contribution in [2.45, 2.75) is 56.2 Å². The molecule has 1 saturated heterocycles. The molecule has 1 aliphatic heterocycles. The summed E-state index contributed by atoms with van der Waals surface area (Å²) in [5.74, 6) is 0. The number of hydrogen-bond acceptors (Lipinski definition) is 3. The molecule has 0 amide bonds. The summed E-state index contributed by atoms with van der Waals surface area (Å²) in [6.45, 7) is 2.99. The van der Waals surface area contributed by atoms with Crippen LogP contribution < -0.4 is 5.32 Å². The molecular weight excluding hydrogens is 248 g/mol. The Kier molecular flexibility index (Phi) is 3.78. The molecule has 20 heavy (non-hydrogen) atoms. The second kappa shape index (κ2) is 5.55. The zero-order chi connectivity index (χ0) is 14.0. The van der Waals surface area contributed by atoms with Gasteiger partial charge in [0.2, 0.25) is 0 Å². The highest BCUT2D eigenvalue weighted by atomic mass is 16.5. The van der Waals surface area contributed by atoms with E-state index in [4.69, 9.17) is 4.74 Å². The average molecular weight is 270 g/mol. The standard InChI is InChI=1S/C17H22N2O/c1-13-9-15(7-8-20-13)19-16-10-17(11-16,12-18)14-5-3-2-4-6-14/h2-6,13,15-16,19H,7-11H2,1H3. The zero-order valence-electron chi connectivity index (χ0n) is 12.0. The monoisotopic (exact) mass is 270 g/mol. The summed E-state index contributed by atoms with van der Waals surface area (Å²) >= 11 is 0. The van der Waals surface area contributed by atoms with E-state index in [9.17, 15) is 5.26 Å².